The lowest BCUT2D eigenvalue weighted by molar-refractivity contribution is -0.128. The highest BCUT2D eigenvalue weighted by atomic mass is 16.5. The molecule has 0 radical (unpaired) electrons. The van der Waals surface area contributed by atoms with E-state index in [9.17, 15) is 24.9 Å². The van der Waals surface area contributed by atoms with Gasteiger partial charge in [-0.25, -0.2) is 4.79 Å². The van der Waals surface area contributed by atoms with Crippen molar-refractivity contribution in [3.63, 3.8) is 0 Å². The number of aryl methyl sites for hydroxylation is 1. The molecule has 7 nitrogen and oxygen atoms in total. The van der Waals surface area contributed by atoms with Crippen LogP contribution in [0.25, 0.3) is 0 Å². The van der Waals surface area contributed by atoms with E-state index in [1.54, 1.807) is 13.0 Å². The quantitative estimate of drug-likeness (QED) is 0.640. The van der Waals surface area contributed by atoms with Gasteiger partial charge in [-0.1, -0.05) is 12.5 Å². The number of ketones is 1. The van der Waals surface area contributed by atoms with E-state index in [1.807, 2.05) is 0 Å². The molecule has 2 rings (SSSR count). The maximum absolute atomic E-state index is 12.5. The second-order valence-electron chi connectivity index (χ2n) is 6.69. The minimum absolute atomic E-state index is 0.0955. The molecule has 0 unspecified atom stereocenters. The van der Waals surface area contributed by atoms with Crippen molar-refractivity contribution in [2.45, 2.75) is 57.3 Å². The Bertz CT molecular complexity index is 711. The number of carbonyl (C=O) groups excluding carboxylic acids is 2. The number of methoxy groups -OCH3 is 1. The van der Waals surface area contributed by atoms with Gasteiger partial charge in [0.05, 0.1) is 13.2 Å². The molecule has 0 aliphatic carbocycles. The Kier molecular flexibility index (Phi) is 7.38. The van der Waals surface area contributed by atoms with Crippen LogP contribution in [-0.2, 0) is 16.0 Å². The lowest BCUT2D eigenvalue weighted by Gasteiger charge is -2.16. The molecule has 0 amide bonds. The molecule has 0 fully saturated rings. The Balaban J connectivity index is 2.31. The predicted octanol–water partition coefficient (Wildman–Crippen LogP) is 1.91. The number of esters is 1. The Morgan fingerprint density at radius 2 is 1.93 bits per heavy atom. The van der Waals surface area contributed by atoms with Crippen LogP contribution in [0.1, 0.15) is 48.5 Å². The molecule has 3 atom stereocenters. The number of phenols is 1. The first kappa shape index (κ1) is 20.9. The third-order valence-electron chi connectivity index (χ3n) is 4.52. The smallest absolute Gasteiger partial charge is 0.342 e. The highest BCUT2D eigenvalue weighted by Gasteiger charge is 2.24. The Morgan fingerprint density at radius 3 is 2.63 bits per heavy atom. The number of phenolic OH excluding ortho intramolecular Hbond substituents is 1. The normalized spacial score (nSPS) is 26.3. The molecule has 3 N–H and O–H groups in total. The summed E-state index contributed by atoms with van der Waals surface area (Å²) in [7, 11) is 1.47. The number of hydrogen-bond acceptors (Lipinski definition) is 7. The predicted molar refractivity (Wildman–Crippen MR) is 97.9 cm³/mol. The van der Waals surface area contributed by atoms with Crippen LogP contribution in [0.5, 0.6) is 11.5 Å². The van der Waals surface area contributed by atoms with Crippen LogP contribution in [0.3, 0.4) is 0 Å². The summed E-state index contributed by atoms with van der Waals surface area (Å²) in [5.74, 6) is -1.02. The molecule has 0 bridgehead atoms. The molecule has 0 saturated carbocycles. The highest BCUT2D eigenvalue weighted by Crippen LogP contribution is 2.30. The van der Waals surface area contributed by atoms with Gasteiger partial charge in [-0.05, 0) is 43.9 Å². The van der Waals surface area contributed by atoms with E-state index < -0.39 is 30.1 Å². The molecule has 0 spiro atoms. The van der Waals surface area contributed by atoms with Gasteiger partial charge in [0.1, 0.15) is 29.3 Å². The average molecular weight is 378 g/mol. The molecule has 0 aromatic heterocycles. The molecule has 1 aliphatic heterocycles. The van der Waals surface area contributed by atoms with E-state index in [4.69, 9.17) is 9.47 Å². The van der Waals surface area contributed by atoms with Crippen molar-refractivity contribution in [2.24, 2.45) is 0 Å². The SMILES string of the molecule is COc1cc(O)c2c(c1)CCCC[C@H](O)[C@H](O)C(=O)/C=C\C[C@@H](C)OC2=O. The number of carbonyl (C=O) groups is 2. The molecular formula is C20H26O7. The average Bonchev–Trinajstić information content (AvgIpc) is 2.62. The molecule has 148 valence electrons. The zero-order chi connectivity index (χ0) is 20.0. The summed E-state index contributed by atoms with van der Waals surface area (Å²) < 4.78 is 10.5. The lowest BCUT2D eigenvalue weighted by atomic mass is 9.97. The van der Waals surface area contributed by atoms with E-state index in [-0.39, 0.29) is 24.2 Å². The fourth-order valence-corrected chi connectivity index (χ4v) is 2.99. The first-order valence-corrected chi connectivity index (χ1v) is 9.00. The fraction of sp³-hybridized carbons (Fsp3) is 0.500. The van der Waals surface area contributed by atoms with Gasteiger partial charge in [0.2, 0.25) is 0 Å². The number of aromatic hydroxyl groups is 1. The Hall–Kier alpha value is -2.38. The van der Waals surface area contributed by atoms with E-state index >= 15 is 0 Å². The fourth-order valence-electron chi connectivity index (χ4n) is 2.99. The summed E-state index contributed by atoms with van der Waals surface area (Å²) in [6.07, 6.45) is 1.56. The minimum atomic E-state index is -1.47. The summed E-state index contributed by atoms with van der Waals surface area (Å²) in [6, 6.07) is 3.03. The first-order chi connectivity index (χ1) is 12.8. The standard InChI is InChI=1S/C20H26O7/c1-12-6-5-9-16(22)19(24)15(21)8-4-3-7-13-10-14(26-2)11-17(23)18(13)20(25)27-12/h5,9-12,15,19,21,23-24H,3-4,6-8H2,1-2H3/b9-5-/t12-,15+,19+/m1/s1. The molecule has 0 saturated heterocycles. The second-order valence-corrected chi connectivity index (χ2v) is 6.69. The van der Waals surface area contributed by atoms with Gasteiger partial charge in [0.25, 0.3) is 0 Å². The molecule has 1 aromatic rings. The molecular weight excluding hydrogens is 352 g/mol. The van der Waals surface area contributed by atoms with Gasteiger partial charge in [-0.3, -0.25) is 4.79 Å². The van der Waals surface area contributed by atoms with Crippen LogP contribution >= 0.6 is 0 Å². The van der Waals surface area contributed by atoms with Crippen LogP contribution < -0.4 is 4.74 Å². The Morgan fingerprint density at radius 1 is 1.19 bits per heavy atom. The van der Waals surface area contributed by atoms with Gasteiger partial charge in [-0.15, -0.1) is 0 Å². The zero-order valence-corrected chi connectivity index (χ0v) is 15.6. The monoisotopic (exact) mass is 378 g/mol. The van der Waals surface area contributed by atoms with E-state index in [0.29, 0.717) is 30.6 Å². The lowest BCUT2D eigenvalue weighted by Crippen LogP contribution is -2.32. The zero-order valence-electron chi connectivity index (χ0n) is 15.6. The maximum Gasteiger partial charge on any atom is 0.342 e. The van der Waals surface area contributed by atoms with Crippen molar-refractivity contribution < 1.29 is 34.4 Å². The van der Waals surface area contributed by atoms with Crippen LogP contribution in [0.15, 0.2) is 24.3 Å². The van der Waals surface area contributed by atoms with Crippen LogP contribution in [-0.4, -0.2) is 52.5 Å². The van der Waals surface area contributed by atoms with Crippen LogP contribution in [0.2, 0.25) is 0 Å². The van der Waals surface area contributed by atoms with Crippen molar-refractivity contribution in [3.8, 4) is 11.5 Å². The third kappa shape index (κ3) is 5.55. The number of aliphatic hydroxyl groups is 2. The molecule has 27 heavy (non-hydrogen) atoms. The molecule has 1 heterocycles. The summed E-state index contributed by atoms with van der Waals surface area (Å²) in [6.45, 7) is 1.66. The second kappa shape index (κ2) is 9.53. The summed E-state index contributed by atoms with van der Waals surface area (Å²) in [5, 5.41) is 30.2. The van der Waals surface area contributed by atoms with E-state index in [1.165, 1.54) is 25.3 Å². The number of ether oxygens (including phenoxy) is 2. The number of cyclic esters (lactones) is 1. The number of fused-ring (bicyclic) bond motifs is 1. The summed E-state index contributed by atoms with van der Waals surface area (Å²) in [4.78, 5) is 24.4. The first-order valence-electron chi connectivity index (χ1n) is 9.00. The van der Waals surface area contributed by atoms with Crippen molar-refractivity contribution in [3.05, 3.63) is 35.4 Å². The van der Waals surface area contributed by atoms with Gasteiger partial charge in [0, 0.05) is 12.5 Å². The molecule has 7 heteroatoms. The van der Waals surface area contributed by atoms with E-state index in [0.717, 1.165) is 0 Å². The van der Waals surface area contributed by atoms with Crippen molar-refractivity contribution >= 4 is 11.8 Å². The van der Waals surface area contributed by atoms with Gasteiger partial charge < -0.3 is 24.8 Å². The van der Waals surface area contributed by atoms with Crippen molar-refractivity contribution in [1.82, 2.24) is 0 Å². The Labute approximate surface area is 158 Å². The largest absolute Gasteiger partial charge is 0.507 e. The molecule has 1 aromatic carbocycles. The number of rotatable bonds is 1. The van der Waals surface area contributed by atoms with Crippen molar-refractivity contribution in [2.75, 3.05) is 7.11 Å². The number of aliphatic hydroxyl groups excluding tert-OH is 2. The van der Waals surface area contributed by atoms with Crippen LogP contribution in [0.4, 0.5) is 0 Å². The number of benzene rings is 1. The maximum atomic E-state index is 12.5. The topological polar surface area (TPSA) is 113 Å². The van der Waals surface area contributed by atoms with Gasteiger partial charge in [-0.2, -0.15) is 0 Å². The van der Waals surface area contributed by atoms with Gasteiger partial charge >= 0.3 is 5.97 Å². The highest BCUT2D eigenvalue weighted by molar-refractivity contribution is 5.95. The van der Waals surface area contributed by atoms with Crippen molar-refractivity contribution in [1.29, 1.82) is 0 Å². The third-order valence-corrected chi connectivity index (χ3v) is 4.52. The van der Waals surface area contributed by atoms with E-state index in [2.05, 4.69) is 0 Å². The number of hydrogen-bond donors (Lipinski definition) is 3. The summed E-state index contributed by atoms with van der Waals surface area (Å²) >= 11 is 0. The minimum Gasteiger partial charge on any atom is -0.507 e. The van der Waals surface area contributed by atoms with Gasteiger partial charge in [0.15, 0.2) is 5.78 Å². The molecule has 1 aliphatic rings. The van der Waals surface area contributed by atoms with Crippen LogP contribution in [0, 0.1) is 0 Å². The summed E-state index contributed by atoms with van der Waals surface area (Å²) in [5.41, 5.74) is 0.679.